The summed E-state index contributed by atoms with van der Waals surface area (Å²) < 4.78 is 0. The lowest BCUT2D eigenvalue weighted by molar-refractivity contribution is 0.155. The largest absolute Gasteiger partial charge is 0.298 e. The summed E-state index contributed by atoms with van der Waals surface area (Å²) in [6.07, 6.45) is 0. The molecule has 0 spiro atoms. The van der Waals surface area contributed by atoms with Crippen molar-refractivity contribution in [3.8, 4) is 0 Å². The molecule has 0 heterocycles. The lowest BCUT2D eigenvalue weighted by atomic mass is 10.1. The van der Waals surface area contributed by atoms with Gasteiger partial charge in [-0.25, -0.2) is 0 Å². The molecule has 0 fully saturated rings. The van der Waals surface area contributed by atoms with Crippen LogP contribution < -0.4 is 0 Å². The van der Waals surface area contributed by atoms with Gasteiger partial charge in [0.15, 0.2) is 0 Å². The average Bonchev–Trinajstić information content (AvgIpc) is 1.81. The topological polar surface area (TPSA) is 3.24 Å². The Balaban J connectivity index is 0. The van der Waals surface area contributed by atoms with E-state index >= 15 is 0 Å². The smallest absolute Gasteiger partial charge is 0.00414 e. The second-order valence-electron chi connectivity index (χ2n) is 4.28. The molecule has 0 aromatic carbocycles. The average molecular weight is 168 g/mol. The fourth-order valence-electron chi connectivity index (χ4n) is 1.44. The normalized spacial score (nSPS) is 11.5. The highest BCUT2D eigenvalue weighted by Crippen LogP contribution is 2.08. The van der Waals surface area contributed by atoms with Crippen LogP contribution in [0.5, 0.6) is 0 Å². The lowest BCUT2D eigenvalue weighted by Crippen LogP contribution is -2.39. The van der Waals surface area contributed by atoms with Gasteiger partial charge in [0.25, 0.3) is 0 Å². The molecule has 1 nitrogen and oxygen atoms in total. The molecule has 0 rings (SSSR count). The van der Waals surface area contributed by atoms with Crippen molar-refractivity contribution in [3.05, 3.63) is 0 Å². The van der Waals surface area contributed by atoms with E-state index in [1.807, 2.05) is 0 Å². The Morgan fingerprint density at radius 1 is 0.833 bits per heavy atom. The summed E-state index contributed by atoms with van der Waals surface area (Å²) >= 11 is 0. The first-order valence-corrected chi connectivity index (χ1v) is 4.70. The molecule has 0 amide bonds. The van der Waals surface area contributed by atoms with Gasteiger partial charge >= 0.3 is 0 Å². The zero-order valence-electron chi connectivity index (χ0n) is 9.46. The lowest BCUT2D eigenvalue weighted by Gasteiger charge is -2.31. The predicted octanol–water partition coefficient (Wildman–Crippen LogP) is 2.38. The first-order chi connectivity index (χ1) is 4.95. The summed E-state index contributed by atoms with van der Waals surface area (Å²) in [5.74, 6) is 0.778. The van der Waals surface area contributed by atoms with Crippen molar-refractivity contribution in [2.45, 2.75) is 53.6 Å². The van der Waals surface area contributed by atoms with Gasteiger partial charge in [0.05, 0.1) is 0 Å². The predicted molar refractivity (Wildman–Crippen MR) is 57.6 cm³/mol. The fourth-order valence-corrected chi connectivity index (χ4v) is 1.44. The van der Waals surface area contributed by atoms with Crippen LogP contribution in [0.4, 0.5) is 0 Å². The number of hydrogen-bond donors (Lipinski definition) is 0. The van der Waals surface area contributed by atoms with Gasteiger partial charge in [-0.15, -0.1) is 0 Å². The summed E-state index contributed by atoms with van der Waals surface area (Å²) in [6, 6.07) is 1.36. The molecule has 0 atom stereocenters. The quantitative estimate of drug-likeness (QED) is 0.582. The molecule has 2 heteroatoms. The zero-order valence-corrected chi connectivity index (χ0v) is 9.46. The fraction of sp³-hybridized carbons (Fsp3) is 1.00. The Labute approximate surface area is 80.1 Å². The van der Waals surface area contributed by atoms with Crippen LogP contribution in [-0.2, 0) is 0 Å². The second kappa shape index (κ2) is 6.53. The van der Waals surface area contributed by atoms with Gasteiger partial charge in [0.2, 0.25) is 0 Å². The number of rotatable bonds is 4. The second-order valence-corrected chi connectivity index (χ2v) is 4.28. The Morgan fingerprint density at radius 2 is 1.17 bits per heavy atom. The van der Waals surface area contributed by atoms with E-state index in [2.05, 4.69) is 46.4 Å². The van der Waals surface area contributed by atoms with Crippen molar-refractivity contribution in [1.82, 2.24) is 4.90 Å². The molecule has 0 aliphatic rings. The van der Waals surface area contributed by atoms with E-state index in [0.717, 1.165) is 5.92 Å². The Morgan fingerprint density at radius 3 is 1.25 bits per heavy atom. The number of nitrogens with zero attached hydrogens (tertiary/aromatic N) is 1. The molecule has 0 saturated heterocycles. The maximum atomic E-state index is 2.53. The summed E-state index contributed by atoms with van der Waals surface area (Å²) in [4.78, 5) is 2.53. The Hall–Kier alpha value is 0.0249. The third-order valence-electron chi connectivity index (χ3n) is 1.90. The summed E-state index contributed by atoms with van der Waals surface area (Å²) in [5.41, 5.74) is 0. The van der Waals surface area contributed by atoms with Crippen LogP contribution in [0.1, 0.15) is 41.5 Å². The molecule has 71 valence electrons. The van der Waals surface area contributed by atoms with E-state index in [1.165, 1.54) is 6.54 Å². The first-order valence-electron chi connectivity index (χ1n) is 4.70. The number of hydrogen-bond acceptors (Lipinski definition) is 1. The molecule has 0 aromatic heterocycles. The van der Waals surface area contributed by atoms with Crippen molar-refractivity contribution in [2.75, 3.05) is 6.54 Å². The van der Waals surface area contributed by atoms with Crippen molar-refractivity contribution < 1.29 is 0 Å². The molecule has 0 bridgehead atoms. The Kier molecular flexibility index (Phi) is 7.92. The highest BCUT2D eigenvalue weighted by Gasteiger charge is 2.13. The van der Waals surface area contributed by atoms with Gasteiger partial charge < -0.3 is 0 Å². The molecule has 0 N–H and O–H groups in total. The van der Waals surface area contributed by atoms with Crippen molar-refractivity contribution in [3.63, 3.8) is 0 Å². The Bertz CT molecular complexity index is 92.0. The van der Waals surface area contributed by atoms with Crippen molar-refractivity contribution in [1.29, 1.82) is 0 Å². The van der Waals surface area contributed by atoms with Crippen LogP contribution in [-0.4, -0.2) is 31.9 Å². The standard InChI is InChI=1S/C10H23N.B/c1-8(2)7-11(9(3)4)10(5)6;/h8-10H,7H2,1-6H3;. The molecule has 0 aliphatic carbocycles. The molecular formula is C10H23BN. The van der Waals surface area contributed by atoms with Crippen LogP contribution in [0, 0.1) is 5.92 Å². The molecular weight excluding hydrogens is 145 g/mol. The van der Waals surface area contributed by atoms with Crippen LogP contribution >= 0.6 is 0 Å². The minimum Gasteiger partial charge on any atom is -0.298 e. The minimum absolute atomic E-state index is 0. The highest BCUT2D eigenvalue weighted by molar-refractivity contribution is 5.75. The molecule has 0 aromatic rings. The van der Waals surface area contributed by atoms with E-state index in [9.17, 15) is 0 Å². The third-order valence-corrected chi connectivity index (χ3v) is 1.90. The SMILES string of the molecule is CC(C)CN(C(C)C)C(C)C.[B]. The summed E-state index contributed by atoms with van der Waals surface area (Å²) in [6.45, 7) is 14.8. The van der Waals surface area contributed by atoms with Crippen LogP contribution in [0.3, 0.4) is 0 Å². The van der Waals surface area contributed by atoms with E-state index < -0.39 is 0 Å². The van der Waals surface area contributed by atoms with E-state index in [-0.39, 0.29) is 8.41 Å². The summed E-state index contributed by atoms with van der Waals surface area (Å²) in [5, 5.41) is 0. The van der Waals surface area contributed by atoms with E-state index in [4.69, 9.17) is 0 Å². The van der Waals surface area contributed by atoms with Crippen molar-refractivity contribution in [2.24, 2.45) is 5.92 Å². The van der Waals surface area contributed by atoms with E-state index in [1.54, 1.807) is 0 Å². The third kappa shape index (κ3) is 5.65. The minimum atomic E-state index is 0. The van der Waals surface area contributed by atoms with Gasteiger partial charge in [-0.2, -0.15) is 0 Å². The molecule has 0 saturated carbocycles. The van der Waals surface area contributed by atoms with Crippen LogP contribution in [0.25, 0.3) is 0 Å². The van der Waals surface area contributed by atoms with Crippen LogP contribution in [0.2, 0.25) is 0 Å². The van der Waals surface area contributed by atoms with Gasteiger partial charge in [-0.05, 0) is 33.6 Å². The molecule has 12 heavy (non-hydrogen) atoms. The molecule has 0 unspecified atom stereocenters. The maximum Gasteiger partial charge on any atom is 0.00414 e. The van der Waals surface area contributed by atoms with Crippen molar-refractivity contribution >= 4 is 8.41 Å². The van der Waals surface area contributed by atoms with E-state index in [0.29, 0.717) is 12.1 Å². The van der Waals surface area contributed by atoms with Gasteiger partial charge in [0.1, 0.15) is 0 Å². The zero-order chi connectivity index (χ0) is 9.02. The molecule has 0 aliphatic heterocycles. The monoisotopic (exact) mass is 168 g/mol. The highest BCUT2D eigenvalue weighted by atomic mass is 15.2. The maximum absolute atomic E-state index is 2.53. The summed E-state index contributed by atoms with van der Waals surface area (Å²) in [7, 11) is 0. The molecule has 3 radical (unpaired) electrons. The van der Waals surface area contributed by atoms with Crippen LogP contribution in [0.15, 0.2) is 0 Å². The first kappa shape index (κ1) is 14.5. The van der Waals surface area contributed by atoms with Gasteiger partial charge in [-0.1, -0.05) is 13.8 Å². The van der Waals surface area contributed by atoms with Gasteiger partial charge in [0, 0.05) is 27.0 Å². The van der Waals surface area contributed by atoms with Gasteiger partial charge in [-0.3, -0.25) is 4.90 Å².